The van der Waals surface area contributed by atoms with Crippen molar-refractivity contribution in [2.75, 3.05) is 0 Å². The molecule has 0 N–H and O–H groups in total. The molecule has 3 aromatic heterocycles. The molecule has 1 aliphatic rings. The van der Waals surface area contributed by atoms with Crippen LogP contribution in [0.15, 0.2) is 48.8 Å². The zero-order valence-electron chi connectivity index (χ0n) is 13.5. The van der Waals surface area contributed by atoms with Gasteiger partial charge in [0, 0.05) is 30.9 Å². The van der Waals surface area contributed by atoms with Crippen LogP contribution in [-0.4, -0.2) is 24.1 Å². The summed E-state index contributed by atoms with van der Waals surface area (Å²) in [6.45, 7) is 2.98. The minimum Gasteiger partial charge on any atom is -0.326 e. The van der Waals surface area contributed by atoms with Gasteiger partial charge in [-0.1, -0.05) is 30.3 Å². The molecular formula is C19H17N5. The fourth-order valence-electron chi connectivity index (χ4n) is 3.42. The Morgan fingerprint density at radius 3 is 2.88 bits per heavy atom. The van der Waals surface area contributed by atoms with Crippen LogP contribution in [0, 0.1) is 6.92 Å². The largest absolute Gasteiger partial charge is 0.326 e. The molecule has 24 heavy (non-hydrogen) atoms. The van der Waals surface area contributed by atoms with Crippen molar-refractivity contribution in [3.8, 4) is 11.4 Å². The molecule has 4 heterocycles. The smallest absolute Gasteiger partial charge is 0.158 e. The minimum atomic E-state index is 0.805. The summed E-state index contributed by atoms with van der Waals surface area (Å²) in [7, 11) is 0. The van der Waals surface area contributed by atoms with E-state index in [0.717, 1.165) is 47.9 Å². The van der Waals surface area contributed by atoms with Gasteiger partial charge in [0.2, 0.25) is 0 Å². The topological polar surface area (TPSA) is 48.0 Å². The van der Waals surface area contributed by atoms with Crippen molar-refractivity contribution in [1.82, 2.24) is 24.1 Å². The van der Waals surface area contributed by atoms with Crippen molar-refractivity contribution >= 4 is 5.65 Å². The number of rotatable bonds is 3. The first-order valence-corrected chi connectivity index (χ1v) is 8.23. The summed E-state index contributed by atoms with van der Waals surface area (Å²) in [5.41, 5.74) is 5.80. The van der Waals surface area contributed by atoms with E-state index in [0.29, 0.717) is 0 Å². The van der Waals surface area contributed by atoms with E-state index in [1.165, 1.54) is 11.1 Å². The number of imidazole rings is 1. The first-order chi connectivity index (χ1) is 11.8. The molecule has 4 aromatic rings. The Hall–Kier alpha value is -2.95. The van der Waals surface area contributed by atoms with Crippen LogP contribution in [0.1, 0.15) is 22.6 Å². The van der Waals surface area contributed by atoms with E-state index < -0.39 is 0 Å². The SMILES string of the molecule is Cc1cccn2nc(CCc3cn4c(n3)-c3ccccc3C4)nc12. The Bertz CT molecular complexity index is 1060. The number of hydrogen-bond donors (Lipinski definition) is 0. The standard InChI is InChI=1S/C19H17N5/c1-13-5-4-10-24-18(13)21-17(22-24)9-8-15-12-23-11-14-6-2-3-7-16(14)19(23)20-15/h2-7,10,12H,8-9,11H2,1H3. The summed E-state index contributed by atoms with van der Waals surface area (Å²) >= 11 is 0. The highest BCUT2D eigenvalue weighted by atomic mass is 15.3. The molecule has 0 bridgehead atoms. The van der Waals surface area contributed by atoms with Gasteiger partial charge in [-0.2, -0.15) is 5.10 Å². The predicted octanol–water partition coefficient (Wildman–Crippen LogP) is 3.05. The van der Waals surface area contributed by atoms with Gasteiger partial charge in [0.1, 0.15) is 5.82 Å². The van der Waals surface area contributed by atoms with Crippen LogP contribution in [0.4, 0.5) is 0 Å². The van der Waals surface area contributed by atoms with Crippen molar-refractivity contribution in [3.05, 3.63) is 71.4 Å². The summed E-state index contributed by atoms with van der Waals surface area (Å²) in [6.07, 6.45) is 5.77. The van der Waals surface area contributed by atoms with Gasteiger partial charge in [-0.25, -0.2) is 14.5 Å². The molecule has 0 aliphatic carbocycles. The number of aryl methyl sites for hydroxylation is 3. The van der Waals surface area contributed by atoms with Gasteiger partial charge >= 0.3 is 0 Å². The molecule has 0 amide bonds. The second-order valence-electron chi connectivity index (χ2n) is 6.33. The number of benzene rings is 1. The average molecular weight is 315 g/mol. The summed E-state index contributed by atoms with van der Waals surface area (Å²) in [4.78, 5) is 9.46. The Labute approximate surface area is 139 Å². The van der Waals surface area contributed by atoms with Crippen molar-refractivity contribution in [2.24, 2.45) is 0 Å². The number of fused-ring (bicyclic) bond motifs is 4. The van der Waals surface area contributed by atoms with E-state index in [1.807, 2.05) is 16.8 Å². The van der Waals surface area contributed by atoms with Crippen molar-refractivity contribution in [1.29, 1.82) is 0 Å². The van der Waals surface area contributed by atoms with Crippen molar-refractivity contribution < 1.29 is 0 Å². The molecule has 0 atom stereocenters. The van der Waals surface area contributed by atoms with Crippen LogP contribution in [0.25, 0.3) is 17.0 Å². The summed E-state index contributed by atoms with van der Waals surface area (Å²) in [5, 5.41) is 4.56. The molecule has 1 aromatic carbocycles. The molecular weight excluding hydrogens is 298 g/mol. The number of hydrogen-bond acceptors (Lipinski definition) is 3. The molecule has 0 fully saturated rings. The van der Waals surface area contributed by atoms with Gasteiger partial charge in [-0.3, -0.25) is 0 Å². The zero-order valence-corrected chi connectivity index (χ0v) is 13.5. The lowest BCUT2D eigenvalue weighted by atomic mass is 10.1. The van der Waals surface area contributed by atoms with E-state index in [1.54, 1.807) is 0 Å². The van der Waals surface area contributed by atoms with Crippen LogP contribution in [0.2, 0.25) is 0 Å². The predicted molar refractivity (Wildman–Crippen MR) is 91.9 cm³/mol. The van der Waals surface area contributed by atoms with E-state index in [2.05, 4.69) is 58.1 Å². The van der Waals surface area contributed by atoms with Crippen molar-refractivity contribution in [3.63, 3.8) is 0 Å². The molecule has 0 spiro atoms. The molecule has 0 unspecified atom stereocenters. The first-order valence-electron chi connectivity index (χ1n) is 8.23. The molecule has 0 saturated carbocycles. The maximum Gasteiger partial charge on any atom is 0.158 e. The lowest BCUT2D eigenvalue weighted by molar-refractivity contribution is 0.815. The van der Waals surface area contributed by atoms with Crippen LogP contribution in [0.5, 0.6) is 0 Å². The Balaban J connectivity index is 1.39. The highest BCUT2D eigenvalue weighted by molar-refractivity contribution is 5.65. The van der Waals surface area contributed by atoms with Gasteiger partial charge in [0.25, 0.3) is 0 Å². The fourth-order valence-corrected chi connectivity index (χ4v) is 3.42. The van der Waals surface area contributed by atoms with E-state index >= 15 is 0 Å². The van der Waals surface area contributed by atoms with Gasteiger partial charge in [-0.15, -0.1) is 0 Å². The number of pyridine rings is 1. The van der Waals surface area contributed by atoms with E-state index in [-0.39, 0.29) is 0 Å². The lowest BCUT2D eigenvalue weighted by Crippen LogP contribution is -1.95. The summed E-state index contributed by atoms with van der Waals surface area (Å²) < 4.78 is 4.09. The molecule has 0 radical (unpaired) electrons. The van der Waals surface area contributed by atoms with Gasteiger partial charge < -0.3 is 4.57 Å². The maximum absolute atomic E-state index is 4.82. The minimum absolute atomic E-state index is 0.805. The normalized spacial score (nSPS) is 12.5. The monoisotopic (exact) mass is 315 g/mol. The molecule has 0 saturated heterocycles. The van der Waals surface area contributed by atoms with Crippen LogP contribution in [-0.2, 0) is 19.4 Å². The average Bonchev–Trinajstić information content (AvgIpc) is 3.25. The van der Waals surface area contributed by atoms with Crippen molar-refractivity contribution in [2.45, 2.75) is 26.3 Å². The quantitative estimate of drug-likeness (QED) is 0.514. The van der Waals surface area contributed by atoms with E-state index in [9.17, 15) is 0 Å². The second-order valence-corrected chi connectivity index (χ2v) is 6.33. The Morgan fingerprint density at radius 2 is 1.96 bits per heavy atom. The molecule has 118 valence electrons. The first kappa shape index (κ1) is 13.5. The third-order valence-corrected chi connectivity index (χ3v) is 4.63. The third kappa shape index (κ3) is 2.05. The maximum atomic E-state index is 4.82. The molecule has 1 aliphatic heterocycles. The van der Waals surface area contributed by atoms with Gasteiger partial charge in [0.05, 0.1) is 5.69 Å². The van der Waals surface area contributed by atoms with Crippen LogP contribution < -0.4 is 0 Å². The summed E-state index contributed by atoms with van der Waals surface area (Å²) in [6, 6.07) is 12.5. The molecule has 5 heteroatoms. The Kier molecular flexibility index (Phi) is 2.82. The second kappa shape index (κ2) is 5.03. The third-order valence-electron chi connectivity index (χ3n) is 4.63. The lowest BCUT2D eigenvalue weighted by Gasteiger charge is -1.97. The highest BCUT2D eigenvalue weighted by Gasteiger charge is 2.20. The Morgan fingerprint density at radius 1 is 1.04 bits per heavy atom. The molecule has 5 rings (SSSR count). The van der Waals surface area contributed by atoms with Crippen LogP contribution >= 0.6 is 0 Å². The number of nitrogens with zero attached hydrogens (tertiary/aromatic N) is 5. The van der Waals surface area contributed by atoms with Gasteiger partial charge in [0.15, 0.2) is 11.5 Å². The number of aromatic nitrogens is 5. The molecule has 5 nitrogen and oxygen atoms in total. The zero-order chi connectivity index (χ0) is 16.1. The van der Waals surface area contributed by atoms with Gasteiger partial charge in [-0.05, 0) is 30.5 Å². The van der Waals surface area contributed by atoms with E-state index in [4.69, 9.17) is 4.98 Å². The van der Waals surface area contributed by atoms with Crippen LogP contribution in [0.3, 0.4) is 0 Å². The summed E-state index contributed by atoms with van der Waals surface area (Å²) in [5.74, 6) is 1.96. The fraction of sp³-hybridized carbons (Fsp3) is 0.211. The highest BCUT2D eigenvalue weighted by Crippen LogP contribution is 2.30.